The first-order chi connectivity index (χ1) is 9.28. The molecule has 3 nitrogen and oxygen atoms in total. The van der Waals surface area contributed by atoms with E-state index in [1.807, 2.05) is 42.7 Å². The van der Waals surface area contributed by atoms with Crippen molar-refractivity contribution in [2.75, 3.05) is 17.3 Å². The maximum absolute atomic E-state index is 11.8. The van der Waals surface area contributed by atoms with E-state index in [1.54, 1.807) is 24.2 Å². The minimum Gasteiger partial charge on any atom is -0.325 e. The first-order valence-electron chi connectivity index (χ1n) is 5.74. The second-order valence-electron chi connectivity index (χ2n) is 3.75. The monoisotopic (exact) mass is 290 g/mol. The minimum absolute atomic E-state index is 0.00119. The third-order valence-electron chi connectivity index (χ3n) is 2.39. The molecular weight excluding hydrogens is 276 g/mol. The van der Waals surface area contributed by atoms with Crippen LogP contribution in [0.1, 0.15) is 0 Å². The van der Waals surface area contributed by atoms with E-state index in [0.717, 1.165) is 10.6 Å². The number of nitrogens with zero attached hydrogens (tertiary/aromatic N) is 1. The van der Waals surface area contributed by atoms with Crippen LogP contribution in [0.2, 0.25) is 0 Å². The van der Waals surface area contributed by atoms with Gasteiger partial charge in [0.2, 0.25) is 5.91 Å². The molecule has 0 aliphatic carbocycles. The average molecular weight is 290 g/mol. The molecule has 19 heavy (non-hydrogen) atoms. The van der Waals surface area contributed by atoms with E-state index in [4.69, 9.17) is 0 Å². The van der Waals surface area contributed by atoms with Crippen LogP contribution >= 0.6 is 23.5 Å². The standard InChI is InChI=1S/C14H14N2OS2/c1-18-12-4-2-11(3-5-12)16-14(17)10-19-13-6-8-15-9-7-13/h2-9H,10H2,1H3,(H,16,17). The molecule has 2 aromatic rings. The van der Waals surface area contributed by atoms with Crippen LogP contribution in [0.4, 0.5) is 5.69 Å². The highest BCUT2D eigenvalue weighted by Crippen LogP contribution is 2.19. The fraction of sp³-hybridized carbons (Fsp3) is 0.143. The molecule has 1 aromatic carbocycles. The number of pyridine rings is 1. The van der Waals surface area contributed by atoms with Crippen LogP contribution in [0, 0.1) is 0 Å². The molecule has 0 bridgehead atoms. The zero-order valence-electron chi connectivity index (χ0n) is 10.5. The Morgan fingerprint density at radius 2 is 1.79 bits per heavy atom. The summed E-state index contributed by atoms with van der Waals surface area (Å²) in [6.45, 7) is 0. The van der Waals surface area contributed by atoms with Crippen LogP contribution < -0.4 is 5.32 Å². The van der Waals surface area contributed by atoms with E-state index >= 15 is 0 Å². The van der Waals surface area contributed by atoms with E-state index in [0.29, 0.717) is 5.75 Å². The number of hydrogen-bond acceptors (Lipinski definition) is 4. The smallest absolute Gasteiger partial charge is 0.234 e. The summed E-state index contributed by atoms with van der Waals surface area (Å²) in [7, 11) is 0. The van der Waals surface area contributed by atoms with E-state index < -0.39 is 0 Å². The van der Waals surface area contributed by atoms with Gasteiger partial charge in [-0.1, -0.05) is 0 Å². The topological polar surface area (TPSA) is 42.0 Å². The van der Waals surface area contributed by atoms with Crippen molar-refractivity contribution in [1.29, 1.82) is 0 Å². The highest BCUT2D eigenvalue weighted by atomic mass is 32.2. The lowest BCUT2D eigenvalue weighted by atomic mass is 10.3. The van der Waals surface area contributed by atoms with Crippen LogP contribution in [0.15, 0.2) is 58.6 Å². The van der Waals surface area contributed by atoms with E-state index in [1.165, 1.54) is 16.7 Å². The molecule has 0 aliphatic rings. The molecule has 1 N–H and O–H groups in total. The van der Waals surface area contributed by atoms with Crippen LogP contribution in [-0.2, 0) is 4.79 Å². The second kappa shape index (κ2) is 7.21. The number of nitrogens with one attached hydrogen (secondary N) is 1. The van der Waals surface area contributed by atoms with Gasteiger partial charge in [-0.25, -0.2) is 0 Å². The molecule has 1 aromatic heterocycles. The van der Waals surface area contributed by atoms with Crippen molar-refractivity contribution in [1.82, 2.24) is 4.98 Å². The summed E-state index contributed by atoms with van der Waals surface area (Å²) >= 11 is 3.18. The zero-order chi connectivity index (χ0) is 13.5. The van der Waals surface area contributed by atoms with Gasteiger partial charge in [-0.2, -0.15) is 0 Å². The Balaban J connectivity index is 1.83. The van der Waals surface area contributed by atoms with Gasteiger partial charge in [0.05, 0.1) is 5.75 Å². The molecule has 0 aliphatic heterocycles. The van der Waals surface area contributed by atoms with E-state index in [9.17, 15) is 4.79 Å². The predicted molar refractivity (Wildman–Crippen MR) is 81.8 cm³/mol. The molecule has 0 spiro atoms. The first kappa shape index (κ1) is 14.0. The molecule has 0 radical (unpaired) electrons. The van der Waals surface area contributed by atoms with Crippen LogP contribution in [0.5, 0.6) is 0 Å². The molecule has 2 rings (SSSR count). The summed E-state index contributed by atoms with van der Waals surface area (Å²) in [5, 5.41) is 2.88. The van der Waals surface area contributed by atoms with Crippen molar-refractivity contribution in [3.8, 4) is 0 Å². The summed E-state index contributed by atoms with van der Waals surface area (Å²) in [5.74, 6) is 0.396. The Bertz CT molecular complexity index is 529. The van der Waals surface area contributed by atoms with Crippen molar-refractivity contribution in [2.45, 2.75) is 9.79 Å². The van der Waals surface area contributed by atoms with Gasteiger partial charge < -0.3 is 5.32 Å². The Labute approximate surface area is 121 Å². The normalized spacial score (nSPS) is 10.2. The maximum Gasteiger partial charge on any atom is 0.234 e. The van der Waals surface area contributed by atoms with Crippen molar-refractivity contribution in [2.24, 2.45) is 0 Å². The highest BCUT2D eigenvalue weighted by molar-refractivity contribution is 8.00. The molecule has 0 fully saturated rings. The minimum atomic E-state index is -0.00119. The van der Waals surface area contributed by atoms with Gasteiger partial charge >= 0.3 is 0 Å². The van der Waals surface area contributed by atoms with Crippen LogP contribution in [0.25, 0.3) is 0 Å². The third kappa shape index (κ3) is 4.61. The summed E-state index contributed by atoms with van der Waals surface area (Å²) in [5.41, 5.74) is 0.832. The number of aromatic nitrogens is 1. The molecule has 1 heterocycles. The molecule has 0 saturated carbocycles. The molecule has 5 heteroatoms. The first-order valence-corrected chi connectivity index (χ1v) is 7.95. The number of benzene rings is 1. The zero-order valence-corrected chi connectivity index (χ0v) is 12.1. The predicted octanol–water partition coefficient (Wildman–Crippen LogP) is 3.53. The SMILES string of the molecule is CSc1ccc(NC(=O)CSc2ccncc2)cc1. The quantitative estimate of drug-likeness (QED) is 0.855. The number of amides is 1. The Morgan fingerprint density at radius 1 is 1.11 bits per heavy atom. The van der Waals surface area contributed by atoms with Gasteiger partial charge in [0.25, 0.3) is 0 Å². The fourth-order valence-corrected chi connectivity index (χ4v) is 2.55. The van der Waals surface area contributed by atoms with Gasteiger partial charge in [0, 0.05) is 27.9 Å². The summed E-state index contributed by atoms with van der Waals surface area (Å²) in [6.07, 6.45) is 5.47. The van der Waals surface area contributed by atoms with Crippen LogP contribution in [0.3, 0.4) is 0 Å². The van der Waals surface area contributed by atoms with Crippen molar-refractivity contribution in [3.05, 3.63) is 48.8 Å². The molecule has 0 atom stereocenters. The average Bonchev–Trinajstić information content (AvgIpc) is 2.47. The molecular formula is C14H14N2OS2. The largest absolute Gasteiger partial charge is 0.325 e. The number of hydrogen-bond donors (Lipinski definition) is 1. The highest BCUT2D eigenvalue weighted by Gasteiger charge is 2.03. The van der Waals surface area contributed by atoms with Gasteiger partial charge in [0.1, 0.15) is 0 Å². The lowest BCUT2D eigenvalue weighted by Gasteiger charge is -2.05. The second-order valence-corrected chi connectivity index (χ2v) is 5.68. The van der Waals surface area contributed by atoms with Crippen LogP contribution in [-0.4, -0.2) is 22.9 Å². The lowest BCUT2D eigenvalue weighted by molar-refractivity contribution is -0.113. The molecule has 0 unspecified atom stereocenters. The summed E-state index contributed by atoms with van der Waals surface area (Å²) in [4.78, 5) is 18.0. The van der Waals surface area contributed by atoms with E-state index in [2.05, 4.69) is 10.3 Å². The maximum atomic E-state index is 11.8. The number of carbonyl (C=O) groups excluding carboxylic acids is 1. The third-order valence-corrected chi connectivity index (χ3v) is 4.15. The lowest BCUT2D eigenvalue weighted by Crippen LogP contribution is -2.13. The van der Waals surface area contributed by atoms with Crippen molar-refractivity contribution >= 4 is 35.1 Å². The Morgan fingerprint density at radius 3 is 2.42 bits per heavy atom. The number of carbonyl (C=O) groups is 1. The Hall–Kier alpha value is -1.46. The summed E-state index contributed by atoms with van der Waals surface area (Å²) in [6, 6.07) is 11.6. The van der Waals surface area contributed by atoms with Gasteiger partial charge in [0.15, 0.2) is 0 Å². The molecule has 0 saturated heterocycles. The Kier molecular flexibility index (Phi) is 5.30. The molecule has 1 amide bonds. The molecule has 98 valence electrons. The van der Waals surface area contributed by atoms with Gasteiger partial charge in [-0.3, -0.25) is 9.78 Å². The number of thioether (sulfide) groups is 2. The number of rotatable bonds is 5. The van der Waals surface area contributed by atoms with Crippen molar-refractivity contribution in [3.63, 3.8) is 0 Å². The van der Waals surface area contributed by atoms with E-state index in [-0.39, 0.29) is 5.91 Å². The summed E-state index contributed by atoms with van der Waals surface area (Å²) < 4.78 is 0. The van der Waals surface area contributed by atoms with Crippen molar-refractivity contribution < 1.29 is 4.79 Å². The van der Waals surface area contributed by atoms with Gasteiger partial charge in [-0.15, -0.1) is 23.5 Å². The fourth-order valence-electron chi connectivity index (χ4n) is 1.45. The number of anilines is 1. The van der Waals surface area contributed by atoms with Gasteiger partial charge in [-0.05, 0) is 42.7 Å².